The zero-order valence-corrected chi connectivity index (χ0v) is 10.4. The molecular formula is C14H22N2. The number of rotatable bonds is 1. The topological polar surface area (TPSA) is 24.4 Å². The minimum Gasteiger partial charge on any atom is -0.278 e. The van der Waals surface area contributed by atoms with Gasteiger partial charge in [-0.2, -0.15) is 0 Å². The SMILES string of the molecule is CC(C)C1CCCC2=CNN=C=CC2CC1. The Bertz CT molecular complexity index is 322. The third-order valence-corrected chi connectivity index (χ3v) is 3.96. The van der Waals surface area contributed by atoms with Crippen molar-refractivity contribution in [1.29, 1.82) is 0 Å². The summed E-state index contributed by atoms with van der Waals surface area (Å²) in [5, 5.41) is 3.98. The van der Waals surface area contributed by atoms with Crippen molar-refractivity contribution in [3.05, 3.63) is 17.8 Å². The second kappa shape index (κ2) is 5.36. The summed E-state index contributed by atoms with van der Waals surface area (Å²) < 4.78 is 0. The predicted octanol–water partition coefficient (Wildman–Crippen LogP) is 3.47. The fraction of sp³-hybridized carbons (Fsp3) is 0.714. The molecule has 0 spiro atoms. The lowest BCUT2D eigenvalue weighted by molar-refractivity contribution is 0.299. The number of hydrogen-bond acceptors (Lipinski definition) is 2. The minimum absolute atomic E-state index is 0.570. The summed E-state index contributed by atoms with van der Waals surface area (Å²) >= 11 is 0. The fourth-order valence-corrected chi connectivity index (χ4v) is 2.79. The van der Waals surface area contributed by atoms with Gasteiger partial charge in [-0.3, -0.25) is 5.43 Å². The van der Waals surface area contributed by atoms with E-state index in [4.69, 9.17) is 0 Å². The van der Waals surface area contributed by atoms with Crippen molar-refractivity contribution in [1.82, 2.24) is 5.43 Å². The van der Waals surface area contributed by atoms with Crippen LogP contribution in [-0.4, -0.2) is 5.87 Å². The largest absolute Gasteiger partial charge is 0.278 e. The lowest BCUT2D eigenvalue weighted by Gasteiger charge is -2.27. The zero-order valence-electron chi connectivity index (χ0n) is 10.4. The van der Waals surface area contributed by atoms with Crippen LogP contribution in [0.3, 0.4) is 0 Å². The van der Waals surface area contributed by atoms with Crippen LogP contribution >= 0.6 is 0 Å². The number of nitrogens with one attached hydrogen (secondary N) is 1. The molecule has 0 saturated heterocycles. The highest BCUT2D eigenvalue weighted by Gasteiger charge is 2.21. The van der Waals surface area contributed by atoms with Gasteiger partial charge in [0.25, 0.3) is 0 Å². The Morgan fingerprint density at radius 2 is 2.25 bits per heavy atom. The Kier molecular flexibility index (Phi) is 3.84. The van der Waals surface area contributed by atoms with E-state index in [1.54, 1.807) is 0 Å². The summed E-state index contributed by atoms with van der Waals surface area (Å²) in [6, 6.07) is 0. The molecule has 1 fully saturated rings. The van der Waals surface area contributed by atoms with Gasteiger partial charge >= 0.3 is 0 Å². The molecule has 88 valence electrons. The van der Waals surface area contributed by atoms with Crippen LogP contribution in [-0.2, 0) is 0 Å². The van der Waals surface area contributed by atoms with Gasteiger partial charge < -0.3 is 0 Å². The van der Waals surface area contributed by atoms with Crippen LogP contribution in [0.1, 0.15) is 46.0 Å². The second-order valence-electron chi connectivity index (χ2n) is 5.34. The van der Waals surface area contributed by atoms with Crippen molar-refractivity contribution in [3.8, 4) is 0 Å². The van der Waals surface area contributed by atoms with E-state index >= 15 is 0 Å². The first-order chi connectivity index (χ1) is 7.77. The molecule has 0 radical (unpaired) electrons. The molecule has 0 aromatic rings. The molecule has 2 aliphatic rings. The molecule has 2 rings (SSSR count). The molecule has 0 aromatic carbocycles. The van der Waals surface area contributed by atoms with E-state index in [1.165, 1.54) is 37.7 Å². The summed E-state index contributed by atoms with van der Waals surface area (Å²) in [5.74, 6) is 5.28. The molecule has 0 amide bonds. The molecule has 1 heterocycles. The number of hydrogen-bond donors (Lipinski definition) is 1. The zero-order chi connectivity index (χ0) is 11.4. The normalized spacial score (nSPS) is 29.8. The van der Waals surface area contributed by atoms with Crippen LogP contribution in [0.4, 0.5) is 0 Å². The third kappa shape index (κ3) is 2.76. The van der Waals surface area contributed by atoms with Crippen molar-refractivity contribution in [2.45, 2.75) is 46.0 Å². The summed E-state index contributed by atoms with van der Waals surface area (Å²) in [7, 11) is 0. The van der Waals surface area contributed by atoms with Crippen LogP contribution in [0.15, 0.2) is 23.0 Å². The molecule has 1 aliphatic heterocycles. The van der Waals surface area contributed by atoms with Gasteiger partial charge in [0.05, 0.1) is 0 Å². The second-order valence-corrected chi connectivity index (χ2v) is 5.34. The number of nitrogens with zero attached hydrogens (tertiary/aromatic N) is 1. The molecule has 2 heteroatoms. The van der Waals surface area contributed by atoms with Crippen molar-refractivity contribution in [2.75, 3.05) is 0 Å². The summed E-state index contributed by atoms with van der Waals surface area (Å²) in [5.41, 5.74) is 4.46. The van der Waals surface area contributed by atoms with Gasteiger partial charge in [0.1, 0.15) is 0 Å². The molecule has 2 atom stereocenters. The maximum absolute atomic E-state index is 3.98. The van der Waals surface area contributed by atoms with E-state index in [1.807, 2.05) is 0 Å². The van der Waals surface area contributed by atoms with Gasteiger partial charge in [-0.25, -0.2) is 0 Å². The monoisotopic (exact) mass is 218 g/mol. The molecule has 0 bridgehead atoms. The third-order valence-electron chi connectivity index (χ3n) is 3.96. The number of allylic oxidation sites excluding steroid dienone is 2. The van der Waals surface area contributed by atoms with Gasteiger partial charge in [0, 0.05) is 18.0 Å². The molecule has 16 heavy (non-hydrogen) atoms. The molecule has 1 N–H and O–H groups in total. The molecule has 2 unspecified atom stereocenters. The van der Waals surface area contributed by atoms with Gasteiger partial charge in [-0.1, -0.05) is 13.8 Å². The average molecular weight is 218 g/mol. The highest BCUT2D eigenvalue weighted by atomic mass is 15.3. The molecular weight excluding hydrogens is 196 g/mol. The van der Waals surface area contributed by atoms with Crippen molar-refractivity contribution >= 4 is 5.87 Å². The molecule has 0 aromatic heterocycles. The number of hydrazone groups is 1. The van der Waals surface area contributed by atoms with E-state index < -0.39 is 0 Å². The predicted molar refractivity (Wildman–Crippen MR) is 68.1 cm³/mol. The highest BCUT2D eigenvalue weighted by molar-refractivity contribution is 5.53. The first-order valence-corrected chi connectivity index (χ1v) is 6.50. The van der Waals surface area contributed by atoms with Crippen molar-refractivity contribution in [3.63, 3.8) is 0 Å². The average Bonchev–Trinajstić information content (AvgIpc) is 2.43. The quantitative estimate of drug-likeness (QED) is 0.716. The van der Waals surface area contributed by atoms with Gasteiger partial charge in [-0.15, -0.1) is 5.10 Å². The summed E-state index contributed by atoms with van der Waals surface area (Å²) in [6.45, 7) is 4.71. The van der Waals surface area contributed by atoms with E-state index in [-0.39, 0.29) is 0 Å². The maximum Gasteiger partial charge on any atom is 0.0205 e. The lowest BCUT2D eigenvalue weighted by atomic mass is 9.78. The first-order valence-electron chi connectivity index (χ1n) is 6.50. The Morgan fingerprint density at radius 3 is 3.06 bits per heavy atom. The lowest BCUT2D eigenvalue weighted by Crippen LogP contribution is -2.15. The fourth-order valence-electron chi connectivity index (χ4n) is 2.79. The van der Waals surface area contributed by atoms with Crippen LogP contribution in [0, 0.1) is 17.8 Å². The molecule has 2 nitrogen and oxygen atoms in total. The minimum atomic E-state index is 0.570. The summed E-state index contributed by atoms with van der Waals surface area (Å²) in [6.07, 6.45) is 10.7. The van der Waals surface area contributed by atoms with E-state index in [2.05, 4.69) is 42.5 Å². The Morgan fingerprint density at radius 1 is 1.38 bits per heavy atom. The van der Waals surface area contributed by atoms with Gasteiger partial charge in [0.2, 0.25) is 0 Å². The maximum atomic E-state index is 3.98. The number of fused-ring (bicyclic) bond motifs is 1. The van der Waals surface area contributed by atoms with Crippen molar-refractivity contribution in [2.24, 2.45) is 22.9 Å². The Labute approximate surface area is 98.5 Å². The van der Waals surface area contributed by atoms with Crippen LogP contribution in [0.25, 0.3) is 0 Å². The van der Waals surface area contributed by atoms with E-state index in [0.717, 1.165) is 11.8 Å². The van der Waals surface area contributed by atoms with Gasteiger partial charge in [0.15, 0.2) is 0 Å². The van der Waals surface area contributed by atoms with Crippen molar-refractivity contribution < 1.29 is 0 Å². The standard InChI is InChI=1S/C14H22N2/c1-11(2)12-4-3-5-14-10-16-15-9-8-13(14)7-6-12/h8,10-13,16H,3-7H2,1-2H3. The van der Waals surface area contributed by atoms with E-state index in [9.17, 15) is 0 Å². The van der Waals surface area contributed by atoms with Crippen LogP contribution < -0.4 is 5.43 Å². The smallest absolute Gasteiger partial charge is 0.0205 e. The van der Waals surface area contributed by atoms with Crippen LogP contribution in [0.2, 0.25) is 0 Å². The summed E-state index contributed by atoms with van der Waals surface area (Å²) in [4.78, 5) is 0. The van der Waals surface area contributed by atoms with Gasteiger partial charge in [-0.05, 0) is 55.6 Å². The Balaban J connectivity index is 2.05. The Hall–Kier alpha value is -1.01. The van der Waals surface area contributed by atoms with E-state index in [0.29, 0.717) is 5.92 Å². The molecule has 1 aliphatic carbocycles. The highest BCUT2D eigenvalue weighted by Crippen LogP contribution is 2.33. The first kappa shape index (κ1) is 11.5. The van der Waals surface area contributed by atoms with Crippen LogP contribution in [0.5, 0.6) is 0 Å². The molecule has 1 saturated carbocycles.